The standard InChI is InChI=1S/C58H68N2O15/c1-4-5-6-7-8-9-10-11-12-17-27-59-45(62)25-26-46(63)72-32-44(61)58(70)29-39-49(56(68)51-50(54(39)66)53(65)38-23-18-24-42(71-3)48(38)55(51)67)43(30-58)75-47-28-41(52(64)33(2)74-47)60-57(69)73-31-40-36-21-15-13-19-34(36)35-20-14-16-22-37(35)40/h13-16,18-24,33,40-41,43,47,52,64,66,68,70H,4-12,17,25-32H2,1-3H3,(H,59,62)(H,60,69)/t33-,41-,43-,47-,52+,58-/m0/s1. The van der Waals surface area contributed by atoms with Gasteiger partial charge in [-0.25, -0.2) is 4.79 Å². The van der Waals surface area contributed by atoms with E-state index in [-0.39, 0.29) is 65.7 Å². The molecule has 0 saturated carbocycles. The summed E-state index contributed by atoms with van der Waals surface area (Å²) in [6.07, 6.45) is 3.41. The minimum atomic E-state index is -2.48. The van der Waals surface area contributed by atoms with E-state index >= 15 is 0 Å². The molecular formula is C58H68N2O15. The summed E-state index contributed by atoms with van der Waals surface area (Å²) in [6, 6.07) is 19.0. The molecule has 0 unspecified atom stereocenters. The number of phenols is 2. The predicted octanol–water partition coefficient (Wildman–Crippen LogP) is 7.95. The van der Waals surface area contributed by atoms with Crippen molar-refractivity contribution in [2.45, 2.75) is 152 Å². The third-order valence-corrected chi connectivity index (χ3v) is 15.0. The van der Waals surface area contributed by atoms with Gasteiger partial charge in [0.25, 0.3) is 0 Å². The number of ketones is 3. The number of hydrogen-bond donors (Lipinski definition) is 6. The van der Waals surface area contributed by atoms with Crippen LogP contribution in [0.3, 0.4) is 0 Å². The van der Waals surface area contributed by atoms with Crippen LogP contribution >= 0.6 is 0 Å². The molecule has 6 N–H and O–H groups in total. The van der Waals surface area contributed by atoms with Gasteiger partial charge < -0.3 is 54.7 Å². The maximum Gasteiger partial charge on any atom is 0.407 e. The second kappa shape index (κ2) is 24.3. The Labute approximate surface area is 436 Å². The molecule has 1 saturated heterocycles. The number of esters is 1. The molecule has 6 atom stereocenters. The van der Waals surface area contributed by atoms with Gasteiger partial charge in [0.15, 0.2) is 18.7 Å². The minimum absolute atomic E-state index is 0.00505. The van der Waals surface area contributed by atoms with Gasteiger partial charge in [-0.15, -0.1) is 0 Å². The van der Waals surface area contributed by atoms with E-state index in [2.05, 4.69) is 17.6 Å². The normalized spacial score (nSPS) is 21.5. The van der Waals surface area contributed by atoms with Gasteiger partial charge in [-0.1, -0.05) is 125 Å². The number of unbranched alkanes of at least 4 members (excludes halogenated alkanes) is 9. The first-order valence-corrected chi connectivity index (χ1v) is 26.3. The lowest BCUT2D eigenvalue weighted by Crippen LogP contribution is -2.56. The highest BCUT2D eigenvalue weighted by Gasteiger charge is 2.51. The fourth-order valence-electron chi connectivity index (χ4n) is 11.0. The number of rotatable bonds is 23. The van der Waals surface area contributed by atoms with Gasteiger partial charge in [-0.3, -0.25) is 24.0 Å². The summed E-state index contributed by atoms with van der Waals surface area (Å²) in [5.41, 5.74) is -0.305. The molecule has 2 amide bonds. The monoisotopic (exact) mass is 1030 g/mol. The van der Waals surface area contributed by atoms with Crippen LogP contribution in [0.2, 0.25) is 0 Å². The molecule has 1 fully saturated rings. The molecular weight excluding hydrogens is 965 g/mol. The Morgan fingerprint density at radius 3 is 2.05 bits per heavy atom. The molecule has 0 spiro atoms. The molecule has 0 radical (unpaired) electrons. The van der Waals surface area contributed by atoms with Gasteiger partial charge in [-0.05, 0) is 41.7 Å². The van der Waals surface area contributed by atoms with E-state index in [1.807, 2.05) is 48.5 Å². The van der Waals surface area contributed by atoms with Crippen LogP contribution in [0.15, 0.2) is 66.7 Å². The number of aromatic hydroxyl groups is 2. The van der Waals surface area contributed by atoms with Gasteiger partial charge in [0.1, 0.15) is 35.6 Å². The summed E-state index contributed by atoms with van der Waals surface area (Å²) < 4.78 is 28.9. The Morgan fingerprint density at radius 2 is 1.39 bits per heavy atom. The lowest BCUT2D eigenvalue weighted by molar-refractivity contribution is -0.249. The number of methoxy groups -OCH3 is 1. The molecule has 0 bridgehead atoms. The molecule has 17 heteroatoms. The predicted molar refractivity (Wildman–Crippen MR) is 274 cm³/mol. The first-order valence-electron chi connectivity index (χ1n) is 26.3. The molecule has 1 aliphatic heterocycles. The molecule has 75 heavy (non-hydrogen) atoms. The zero-order chi connectivity index (χ0) is 53.4. The quantitative estimate of drug-likeness (QED) is 0.0206. The fraction of sp³-hybridized carbons (Fsp3) is 0.483. The van der Waals surface area contributed by atoms with Crippen molar-refractivity contribution in [3.8, 4) is 28.4 Å². The summed E-state index contributed by atoms with van der Waals surface area (Å²) >= 11 is 0. The van der Waals surface area contributed by atoms with Gasteiger partial charge >= 0.3 is 12.1 Å². The van der Waals surface area contributed by atoms with Crippen LogP contribution in [0.5, 0.6) is 17.2 Å². The number of Topliss-reactive ketones (excluding diaryl/α,β-unsaturated/α-hetero) is 1. The highest BCUT2D eigenvalue weighted by atomic mass is 16.7. The van der Waals surface area contributed by atoms with E-state index in [4.69, 9.17) is 23.7 Å². The largest absolute Gasteiger partial charge is 0.507 e. The van der Waals surface area contributed by atoms with E-state index in [1.54, 1.807) is 0 Å². The SMILES string of the molecule is CCCCCCCCCCCCNC(=O)CCC(=O)OCC(=O)[C@]1(O)Cc2c(O)c3c(c(O)c2[C@@H](O[C@H]2C[C@H](NC(=O)OCC4c5ccccc5-c5ccccc54)[C@H](O)[C@H](C)O2)C1)C(=O)c1c(OC)cccc1C3=O. The van der Waals surface area contributed by atoms with Crippen molar-refractivity contribution < 1.29 is 72.9 Å². The van der Waals surface area contributed by atoms with Crippen LogP contribution in [0, 0.1) is 0 Å². The number of amides is 2. The van der Waals surface area contributed by atoms with Crippen LogP contribution in [-0.4, -0.2) is 113 Å². The third kappa shape index (κ3) is 11.9. The number of phenolic OH excluding ortho intramolecular Hbond substituents is 2. The van der Waals surface area contributed by atoms with E-state index in [1.165, 1.54) is 70.8 Å². The Balaban J connectivity index is 0.949. The van der Waals surface area contributed by atoms with Crippen LogP contribution < -0.4 is 15.4 Å². The molecule has 4 aliphatic rings. The Hall–Kier alpha value is -6.66. The molecule has 0 aromatic heterocycles. The molecule has 4 aromatic rings. The second-order valence-corrected chi connectivity index (χ2v) is 20.1. The fourth-order valence-corrected chi connectivity index (χ4v) is 11.0. The summed E-state index contributed by atoms with van der Waals surface area (Å²) in [5.74, 6) is -5.71. The first kappa shape index (κ1) is 54.6. The zero-order valence-corrected chi connectivity index (χ0v) is 42.8. The number of alkyl carbamates (subject to hydrolysis) is 1. The number of nitrogens with one attached hydrogen (secondary N) is 2. The van der Waals surface area contributed by atoms with E-state index in [0.717, 1.165) is 47.9 Å². The summed E-state index contributed by atoms with van der Waals surface area (Å²) in [5, 5.41) is 53.2. The first-order chi connectivity index (χ1) is 36.1. The maximum atomic E-state index is 14.3. The second-order valence-electron chi connectivity index (χ2n) is 20.1. The highest BCUT2D eigenvalue weighted by molar-refractivity contribution is 6.31. The number of carbonyl (C=O) groups excluding carboxylic acids is 6. The number of benzene rings is 4. The number of aliphatic hydroxyl groups excluding tert-OH is 1. The summed E-state index contributed by atoms with van der Waals surface area (Å²) in [4.78, 5) is 81.4. The van der Waals surface area contributed by atoms with Gasteiger partial charge in [0, 0.05) is 54.8 Å². The van der Waals surface area contributed by atoms with Crippen molar-refractivity contribution in [3.63, 3.8) is 0 Å². The molecule has 4 aromatic carbocycles. The maximum absolute atomic E-state index is 14.3. The Kier molecular flexibility index (Phi) is 17.7. The smallest absolute Gasteiger partial charge is 0.407 e. The topological polar surface area (TPSA) is 254 Å². The van der Waals surface area contributed by atoms with Crippen LogP contribution in [-0.2, 0) is 39.8 Å². The molecule has 3 aliphatic carbocycles. The van der Waals surface area contributed by atoms with Crippen molar-refractivity contribution in [2.24, 2.45) is 0 Å². The average Bonchev–Trinajstić information content (AvgIpc) is 3.72. The van der Waals surface area contributed by atoms with Gasteiger partial charge in [0.05, 0.1) is 48.5 Å². The van der Waals surface area contributed by atoms with Gasteiger partial charge in [0.2, 0.25) is 17.5 Å². The number of carbonyl (C=O) groups is 6. The molecule has 8 rings (SSSR count). The highest BCUT2D eigenvalue weighted by Crippen LogP contribution is 2.53. The minimum Gasteiger partial charge on any atom is -0.507 e. The summed E-state index contributed by atoms with van der Waals surface area (Å²) in [6.45, 7) is 3.25. The molecule has 1 heterocycles. The molecule has 17 nitrogen and oxygen atoms in total. The van der Waals surface area contributed by atoms with Crippen molar-refractivity contribution in [1.82, 2.24) is 10.6 Å². The zero-order valence-electron chi connectivity index (χ0n) is 42.8. The number of aliphatic hydroxyl groups is 2. The Bertz CT molecular complexity index is 2750. The molecule has 400 valence electrons. The van der Waals surface area contributed by atoms with Crippen molar-refractivity contribution in [1.29, 1.82) is 0 Å². The van der Waals surface area contributed by atoms with E-state index in [0.29, 0.717) is 6.54 Å². The average molecular weight is 1030 g/mol. The lowest BCUT2D eigenvalue weighted by Gasteiger charge is -2.42. The van der Waals surface area contributed by atoms with Crippen molar-refractivity contribution in [3.05, 3.63) is 111 Å². The van der Waals surface area contributed by atoms with Crippen LogP contribution in [0.1, 0.15) is 170 Å². The summed E-state index contributed by atoms with van der Waals surface area (Å²) in [7, 11) is 1.31. The van der Waals surface area contributed by atoms with E-state index in [9.17, 15) is 49.2 Å². The van der Waals surface area contributed by atoms with Crippen molar-refractivity contribution in [2.75, 3.05) is 26.9 Å². The number of hydrogen-bond acceptors (Lipinski definition) is 15. The number of fused-ring (bicyclic) bond motifs is 6. The van der Waals surface area contributed by atoms with E-state index < -0.39 is 108 Å². The third-order valence-electron chi connectivity index (χ3n) is 15.0. The van der Waals surface area contributed by atoms with Crippen LogP contribution in [0.25, 0.3) is 11.1 Å². The van der Waals surface area contributed by atoms with Crippen LogP contribution in [0.4, 0.5) is 4.79 Å². The Morgan fingerprint density at radius 1 is 0.760 bits per heavy atom. The van der Waals surface area contributed by atoms with Crippen molar-refractivity contribution >= 4 is 35.3 Å². The number of ether oxygens (including phenoxy) is 5. The van der Waals surface area contributed by atoms with Gasteiger partial charge in [-0.2, -0.15) is 0 Å². The lowest BCUT2D eigenvalue weighted by atomic mass is 9.72.